The number of halogens is 20. The molecule has 0 aromatic heterocycles. The van der Waals surface area contributed by atoms with E-state index in [2.05, 4.69) is 38.2 Å². The summed E-state index contributed by atoms with van der Waals surface area (Å²) in [6.45, 7) is -5.10. The highest BCUT2D eigenvalue weighted by atomic mass is 32.2. The number of hydrogen-bond donors (Lipinski definition) is 5. The van der Waals surface area contributed by atoms with E-state index in [0.29, 0.717) is 26.0 Å². The summed E-state index contributed by atoms with van der Waals surface area (Å²) in [7, 11) is 1.30. The number of carboxylic acid groups (broad SMARTS) is 4. The number of allylic oxidation sites excluding steroid dienone is 1. The Bertz CT molecular complexity index is 1450. The molecule has 0 aromatic rings. The summed E-state index contributed by atoms with van der Waals surface area (Å²) in [6, 6.07) is 0. The van der Waals surface area contributed by atoms with Gasteiger partial charge in [-0.25, -0.2) is 8.78 Å². The van der Waals surface area contributed by atoms with Crippen LogP contribution in [0.3, 0.4) is 0 Å². The number of hydrogen-bond acceptors (Lipinski definition) is 12. The van der Waals surface area contributed by atoms with Crippen LogP contribution in [0.15, 0.2) is 12.7 Å². The summed E-state index contributed by atoms with van der Waals surface area (Å²) in [5, 5.41) is 31.0. The first-order chi connectivity index (χ1) is 29.5. The molecule has 0 fully saturated rings. The molecule has 0 bridgehead atoms. The Hall–Kier alpha value is -3.90. The second kappa shape index (κ2) is 32.7. The Morgan fingerprint density at radius 1 is 0.591 bits per heavy atom. The summed E-state index contributed by atoms with van der Waals surface area (Å²) in [5.74, 6) is -19.6. The molecule has 0 radical (unpaired) electrons. The molecule has 66 heavy (non-hydrogen) atoms. The number of ether oxygens (including phenoxy) is 4. The highest BCUT2D eigenvalue weighted by Gasteiger charge is 2.65. The number of methoxy groups -OCH3 is 2. The van der Waals surface area contributed by atoms with Gasteiger partial charge >= 0.3 is 73.5 Å². The van der Waals surface area contributed by atoms with Crippen molar-refractivity contribution < 1.29 is 156 Å². The highest BCUT2D eigenvalue weighted by molar-refractivity contribution is 8.00. The molecule has 14 nitrogen and oxygen atoms in total. The maximum Gasteiger partial charge on any atom is 0.456 e. The Labute approximate surface area is 366 Å². The molecule has 6 unspecified atom stereocenters. The maximum absolute atomic E-state index is 13.5. The van der Waals surface area contributed by atoms with Gasteiger partial charge in [0.25, 0.3) is 12.7 Å². The molecule has 0 aliphatic heterocycles. The van der Waals surface area contributed by atoms with Crippen molar-refractivity contribution in [2.45, 2.75) is 118 Å². The molecule has 0 amide bonds. The minimum absolute atomic E-state index is 0.0431. The summed E-state index contributed by atoms with van der Waals surface area (Å²) in [4.78, 5) is 63.0. The number of carbonyl (C=O) groups is 6. The summed E-state index contributed by atoms with van der Waals surface area (Å²) in [5.41, 5.74) is 0. The number of carboxylic acids is 4. The van der Waals surface area contributed by atoms with Crippen molar-refractivity contribution in [1.29, 1.82) is 0 Å². The van der Waals surface area contributed by atoms with E-state index in [1.165, 1.54) is 0 Å². The first-order valence-electron chi connectivity index (χ1n) is 16.2. The van der Waals surface area contributed by atoms with Gasteiger partial charge in [-0.1, -0.05) is 6.08 Å². The first-order valence-corrected chi connectivity index (χ1v) is 17.8. The number of ketones is 2. The monoisotopic (exact) mass is 1060 g/mol. The Morgan fingerprint density at radius 3 is 1.15 bits per heavy atom. The van der Waals surface area contributed by atoms with Crippen molar-refractivity contribution in [3.8, 4) is 0 Å². The van der Waals surface area contributed by atoms with Crippen LogP contribution < -0.4 is 0 Å². The van der Waals surface area contributed by atoms with Crippen molar-refractivity contribution in [2.24, 2.45) is 0 Å². The number of thioether (sulfide) groups is 1. The van der Waals surface area contributed by atoms with E-state index in [-0.39, 0.29) is 25.0 Å². The third kappa shape index (κ3) is 32.7. The second-order valence-corrected chi connectivity index (χ2v) is 12.9. The molecule has 0 aliphatic carbocycles. The highest BCUT2D eigenvalue weighted by Crippen LogP contribution is 2.39. The van der Waals surface area contributed by atoms with Crippen LogP contribution in [0, 0.1) is 0 Å². The lowest BCUT2D eigenvalue weighted by Crippen LogP contribution is -2.51. The number of carbonyl (C=O) groups excluding carboxylic acids is 2. The van der Waals surface area contributed by atoms with Crippen LogP contribution >= 0.6 is 24.4 Å². The first kappa shape index (κ1) is 71.1. The topological polar surface area (TPSA) is 220 Å². The third-order valence-electron chi connectivity index (χ3n) is 5.86. The molecule has 0 aliphatic rings. The molecule has 0 aromatic carbocycles. The summed E-state index contributed by atoms with van der Waals surface area (Å²) in [6.07, 6.45) is -30.7. The molecule has 0 spiro atoms. The zero-order chi connectivity index (χ0) is 53.8. The standard InChI is InChI=1S/C12H14F6O6S.C8H8F6O2.C4H6O4S.2C3H4F4O/c13-10(14)24-11(15,12(16,17)18)7(19)3-1-2-4-25-6(9(22)23)5-8(20)21;1-2-3-4-5(15)7(11,8(12,13)14)16-6(9)10;5-3(6)1-2(9)4(7)8;2*1-8-2(4)3(5,6)7/h6,10H,1-5H2,(H,20,21)(H,22,23);2,6H,1,3-4H2;2,9H,1H2,(H,5,6)(H,7,8);2*2H,1H3. The van der Waals surface area contributed by atoms with Crippen molar-refractivity contribution >= 4 is 59.8 Å². The van der Waals surface area contributed by atoms with Crippen LogP contribution in [0.2, 0.25) is 0 Å². The van der Waals surface area contributed by atoms with Crippen LogP contribution in [0.4, 0.5) is 87.8 Å². The lowest BCUT2D eigenvalue weighted by molar-refractivity contribution is -0.356. The molecule has 392 valence electrons. The quantitative estimate of drug-likeness (QED) is 0.0280. The number of Topliss-reactive ketones (excluding diaryl/α,β-unsaturated/α-hetero) is 2. The van der Waals surface area contributed by atoms with Crippen molar-refractivity contribution in [3.05, 3.63) is 12.7 Å². The van der Waals surface area contributed by atoms with Gasteiger partial charge in [-0.2, -0.15) is 91.7 Å². The molecule has 0 saturated heterocycles. The molecule has 6 atom stereocenters. The molecule has 36 heteroatoms. The number of thiol groups is 1. The SMILES string of the molecule is C=CCCC(=O)C(F)(OC(F)F)C(F)(F)F.COC(F)C(F)(F)F.COC(F)C(F)(F)F.O=C(O)CC(S)C(=O)O.O=C(O)CC(SCCCCC(=O)C(F)(OC(F)F)C(F)(F)F)C(=O)O. The van der Waals surface area contributed by atoms with E-state index in [4.69, 9.17) is 20.4 Å². The van der Waals surface area contributed by atoms with Gasteiger partial charge in [-0.3, -0.25) is 38.2 Å². The van der Waals surface area contributed by atoms with Gasteiger partial charge in [0.05, 0.1) is 12.8 Å². The fourth-order valence-electron chi connectivity index (χ4n) is 2.89. The Kier molecular flexibility index (Phi) is 35.3. The third-order valence-corrected chi connectivity index (χ3v) is 7.56. The summed E-state index contributed by atoms with van der Waals surface area (Å²) < 4.78 is 248. The van der Waals surface area contributed by atoms with Gasteiger partial charge < -0.3 is 29.9 Å². The number of aliphatic carboxylic acids is 4. The van der Waals surface area contributed by atoms with E-state index >= 15 is 0 Å². The lowest BCUT2D eigenvalue weighted by Gasteiger charge is -2.25. The molecular formula is C30H36F20O14S2. The van der Waals surface area contributed by atoms with Crippen molar-refractivity contribution in [3.63, 3.8) is 0 Å². The van der Waals surface area contributed by atoms with Gasteiger partial charge in [0.2, 0.25) is 11.6 Å². The minimum atomic E-state index is -5.98. The van der Waals surface area contributed by atoms with Gasteiger partial charge in [0.15, 0.2) is 0 Å². The normalized spacial score (nSPS) is 15.4. The molecule has 0 rings (SSSR count). The second-order valence-electron chi connectivity index (χ2n) is 11.0. The molecule has 0 heterocycles. The predicted molar refractivity (Wildman–Crippen MR) is 182 cm³/mol. The zero-order valence-electron chi connectivity index (χ0n) is 32.7. The molecular weight excluding hydrogens is 1030 g/mol. The van der Waals surface area contributed by atoms with Crippen LogP contribution in [0.25, 0.3) is 0 Å². The van der Waals surface area contributed by atoms with Crippen LogP contribution in [0.1, 0.15) is 44.9 Å². The van der Waals surface area contributed by atoms with Gasteiger partial charge in [-0.15, -0.1) is 18.3 Å². The lowest BCUT2D eigenvalue weighted by atomic mass is 10.1. The Morgan fingerprint density at radius 2 is 0.939 bits per heavy atom. The minimum Gasteiger partial charge on any atom is -0.481 e. The number of rotatable bonds is 23. The van der Waals surface area contributed by atoms with Crippen LogP contribution in [-0.2, 0) is 47.7 Å². The largest absolute Gasteiger partial charge is 0.481 e. The van der Waals surface area contributed by atoms with Crippen molar-refractivity contribution in [1.82, 2.24) is 0 Å². The zero-order valence-corrected chi connectivity index (χ0v) is 34.4. The van der Waals surface area contributed by atoms with E-state index in [0.717, 1.165) is 6.08 Å². The van der Waals surface area contributed by atoms with Gasteiger partial charge in [0.1, 0.15) is 10.5 Å². The maximum atomic E-state index is 13.5. The van der Waals surface area contributed by atoms with E-state index in [1.807, 2.05) is 0 Å². The number of alkyl halides is 20. The number of unbranched alkanes of at least 4 members (excludes halogenated alkanes) is 1. The van der Waals surface area contributed by atoms with E-state index < -0.39 is 134 Å². The van der Waals surface area contributed by atoms with Gasteiger partial charge in [0, 0.05) is 27.1 Å². The van der Waals surface area contributed by atoms with Gasteiger partial charge in [-0.05, 0) is 25.0 Å². The van der Waals surface area contributed by atoms with Crippen molar-refractivity contribution in [2.75, 3.05) is 20.0 Å². The fourth-order valence-corrected chi connectivity index (χ4v) is 4.11. The predicted octanol–water partition coefficient (Wildman–Crippen LogP) is 8.67. The van der Waals surface area contributed by atoms with Crippen LogP contribution in [-0.4, -0.2) is 149 Å². The Balaban J connectivity index is -0.000000258. The van der Waals surface area contributed by atoms with Crippen LogP contribution in [0.5, 0.6) is 0 Å². The smallest absolute Gasteiger partial charge is 0.456 e. The fraction of sp³-hybridized carbons (Fsp3) is 0.733. The average molecular weight is 1060 g/mol. The van der Waals surface area contributed by atoms with E-state index in [9.17, 15) is 117 Å². The average Bonchev–Trinajstić information content (AvgIpc) is 3.13. The summed E-state index contributed by atoms with van der Waals surface area (Å²) >= 11 is 4.16. The molecule has 4 N–H and O–H groups in total. The van der Waals surface area contributed by atoms with E-state index in [1.54, 1.807) is 0 Å². The molecule has 0 saturated carbocycles.